The Bertz CT molecular complexity index is 598. The zero-order valence-corrected chi connectivity index (χ0v) is 12.6. The molecule has 2 aromatic rings. The topological polar surface area (TPSA) is 39.3 Å². The molecule has 3 heteroatoms. The molecule has 0 aliphatic rings. The maximum Gasteiger partial charge on any atom is 0.125 e. The minimum absolute atomic E-state index is 0.363. The standard InChI is InChI=1S/C17H24N2O/c1-5-10-19(12(2)3)11-9-14-13(4)18-15-7-6-8-16(20)17(14)15/h5-8,12,18,20H,1,9-11H2,2-4H3. The molecule has 0 saturated heterocycles. The molecular weight excluding hydrogens is 248 g/mol. The Morgan fingerprint density at radius 1 is 1.40 bits per heavy atom. The van der Waals surface area contributed by atoms with Crippen LogP contribution in [-0.4, -0.2) is 34.1 Å². The summed E-state index contributed by atoms with van der Waals surface area (Å²) in [4.78, 5) is 5.73. The molecule has 0 spiro atoms. The Labute approximate surface area is 120 Å². The van der Waals surface area contributed by atoms with E-state index in [-0.39, 0.29) is 0 Å². The number of aryl methyl sites for hydroxylation is 1. The van der Waals surface area contributed by atoms with E-state index in [4.69, 9.17) is 0 Å². The number of hydrogen-bond donors (Lipinski definition) is 2. The maximum absolute atomic E-state index is 10.1. The molecule has 2 rings (SSSR count). The van der Waals surface area contributed by atoms with Crippen molar-refractivity contribution in [3.05, 3.63) is 42.1 Å². The third-order valence-corrected chi connectivity index (χ3v) is 3.86. The Morgan fingerprint density at radius 2 is 2.15 bits per heavy atom. The third kappa shape index (κ3) is 2.88. The molecule has 1 aromatic carbocycles. The summed E-state index contributed by atoms with van der Waals surface area (Å²) in [5.41, 5.74) is 3.37. The van der Waals surface area contributed by atoms with E-state index in [0.717, 1.165) is 36.1 Å². The van der Waals surface area contributed by atoms with Crippen molar-refractivity contribution < 1.29 is 5.11 Å². The van der Waals surface area contributed by atoms with Crippen LogP contribution in [0.15, 0.2) is 30.9 Å². The van der Waals surface area contributed by atoms with Crippen LogP contribution in [0.25, 0.3) is 10.9 Å². The molecule has 1 aromatic heterocycles. The van der Waals surface area contributed by atoms with E-state index in [9.17, 15) is 5.11 Å². The first-order valence-corrected chi connectivity index (χ1v) is 7.18. The molecule has 3 nitrogen and oxygen atoms in total. The van der Waals surface area contributed by atoms with E-state index in [1.54, 1.807) is 6.07 Å². The van der Waals surface area contributed by atoms with Gasteiger partial charge in [0.2, 0.25) is 0 Å². The Morgan fingerprint density at radius 3 is 2.80 bits per heavy atom. The fraction of sp³-hybridized carbons (Fsp3) is 0.412. The largest absolute Gasteiger partial charge is 0.507 e. The normalized spacial score (nSPS) is 11.7. The van der Waals surface area contributed by atoms with Crippen molar-refractivity contribution in [3.8, 4) is 5.75 Å². The van der Waals surface area contributed by atoms with Crippen LogP contribution in [0.1, 0.15) is 25.1 Å². The highest BCUT2D eigenvalue weighted by Crippen LogP contribution is 2.30. The second-order valence-corrected chi connectivity index (χ2v) is 5.56. The summed E-state index contributed by atoms with van der Waals surface area (Å²) in [5.74, 6) is 0.363. The van der Waals surface area contributed by atoms with E-state index in [1.807, 2.05) is 18.2 Å². The van der Waals surface area contributed by atoms with Gasteiger partial charge in [-0.3, -0.25) is 4.90 Å². The lowest BCUT2D eigenvalue weighted by molar-refractivity contribution is 0.249. The van der Waals surface area contributed by atoms with Gasteiger partial charge in [-0.15, -0.1) is 6.58 Å². The average Bonchev–Trinajstić information content (AvgIpc) is 2.71. The number of aromatic nitrogens is 1. The summed E-state index contributed by atoms with van der Waals surface area (Å²) in [6, 6.07) is 6.13. The summed E-state index contributed by atoms with van der Waals surface area (Å²) in [6.45, 7) is 12.1. The second-order valence-electron chi connectivity index (χ2n) is 5.56. The van der Waals surface area contributed by atoms with Crippen LogP contribution in [0.2, 0.25) is 0 Å². The molecule has 0 amide bonds. The number of fused-ring (bicyclic) bond motifs is 1. The van der Waals surface area contributed by atoms with Gasteiger partial charge in [0, 0.05) is 35.7 Å². The minimum Gasteiger partial charge on any atom is -0.507 e. The summed E-state index contributed by atoms with van der Waals surface area (Å²) in [5, 5.41) is 11.1. The molecule has 0 aliphatic carbocycles. The minimum atomic E-state index is 0.363. The Hall–Kier alpha value is -1.74. The van der Waals surface area contributed by atoms with Crippen LogP contribution in [0, 0.1) is 6.92 Å². The first kappa shape index (κ1) is 14.7. The molecule has 20 heavy (non-hydrogen) atoms. The van der Waals surface area contributed by atoms with Gasteiger partial charge in [0.25, 0.3) is 0 Å². The zero-order valence-electron chi connectivity index (χ0n) is 12.6. The van der Waals surface area contributed by atoms with Gasteiger partial charge < -0.3 is 10.1 Å². The van der Waals surface area contributed by atoms with E-state index in [1.165, 1.54) is 5.56 Å². The van der Waals surface area contributed by atoms with Gasteiger partial charge in [-0.1, -0.05) is 12.1 Å². The van der Waals surface area contributed by atoms with Gasteiger partial charge in [0.15, 0.2) is 0 Å². The first-order chi connectivity index (χ1) is 9.54. The Balaban J connectivity index is 2.25. The lowest BCUT2D eigenvalue weighted by Crippen LogP contribution is -2.32. The molecule has 2 N–H and O–H groups in total. The van der Waals surface area contributed by atoms with E-state index in [0.29, 0.717) is 11.8 Å². The van der Waals surface area contributed by atoms with Crippen LogP contribution in [0.3, 0.4) is 0 Å². The first-order valence-electron chi connectivity index (χ1n) is 7.18. The number of hydrogen-bond acceptors (Lipinski definition) is 2. The van der Waals surface area contributed by atoms with Gasteiger partial charge in [-0.05, 0) is 44.9 Å². The number of nitrogens with zero attached hydrogens (tertiary/aromatic N) is 1. The van der Waals surface area contributed by atoms with Crippen LogP contribution < -0.4 is 0 Å². The van der Waals surface area contributed by atoms with Crippen molar-refractivity contribution in [2.24, 2.45) is 0 Å². The van der Waals surface area contributed by atoms with E-state index < -0.39 is 0 Å². The van der Waals surface area contributed by atoms with Crippen LogP contribution in [-0.2, 0) is 6.42 Å². The highest BCUT2D eigenvalue weighted by atomic mass is 16.3. The lowest BCUT2D eigenvalue weighted by Gasteiger charge is -2.25. The molecular formula is C17H24N2O. The monoisotopic (exact) mass is 272 g/mol. The van der Waals surface area contributed by atoms with Crippen molar-refractivity contribution in [3.63, 3.8) is 0 Å². The maximum atomic E-state index is 10.1. The summed E-state index contributed by atoms with van der Waals surface area (Å²) in [7, 11) is 0. The van der Waals surface area contributed by atoms with Crippen molar-refractivity contribution in [2.75, 3.05) is 13.1 Å². The Kier molecular flexibility index (Phi) is 4.50. The summed E-state index contributed by atoms with van der Waals surface area (Å²) in [6.07, 6.45) is 2.87. The number of nitrogens with one attached hydrogen (secondary N) is 1. The van der Waals surface area contributed by atoms with Gasteiger partial charge in [-0.25, -0.2) is 0 Å². The fourth-order valence-corrected chi connectivity index (χ4v) is 2.72. The van der Waals surface area contributed by atoms with Crippen LogP contribution in [0.5, 0.6) is 5.75 Å². The predicted octanol–water partition coefficient (Wildman–Crippen LogP) is 3.62. The number of H-pyrrole nitrogens is 1. The summed E-state index contributed by atoms with van der Waals surface area (Å²) >= 11 is 0. The summed E-state index contributed by atoms with van der Waals surface area (Å²) < 4.78 is 0. The van der Waals surface area contributed by atoms with Crippen molar-refractivity contribution >= 4 is 10.9 Å². The SMILES string of the molecule is C=CCN(CCc1c(C)[nH]c2cccc(O)c12)C(C)C. The highest BCUT2D eigenvalue weighted by Gasteiger charge is 2.14. The molecule has 0 fully saturated rings. The van der Waals surface area contributed by atoms with E-state index >= 15 is 0 Å². The molecule has 1 heterocycles. The van der Waals surface area contributed by atoms with Gasteiger partial charge in [0.05, 0.1) is 0 Å². The van der Waals surface area contributed by atoms with Crippen molar-refractivity contribution in [2.45, 2.75) is 33.2 Å². The average molecular weight is 272 g/mol. The quantitative estimate of drug-likeness (QED) is 0.788. The van der Waals surface area contributed by atoms with Gasteiger partial charge in [0.1, 0.15) is 5.75 Å². The molecule has 0 atom stereocenters. The third-order valence-electron chi connectivity index (χ3n) is 3.86. The van der Waals surface area contributed by atoms with E-state index in [2.05, 4.69) is 37.2 Å². The smallest absolute Gasteiger partial charge is 0.125 e. The number of phenols is 1. The molecule has 0 unspecified atom stereocenters. The highest BCUT2D eigenvalue weighted by molar-refractivity contribution is 5.90. The number of aromatic amines is 1. The fourth-order valence-electron chi connectivity index (χ4n) is 2.72. The van der Waals surface area contributed by atoms with Crippen LogP contribution >= 0.6 is 0 Å². The van der Waals surface area contributed by atoms with Crippen molar-refractivity contribution in [1.29, 1.82) is 0 Å². The second kappa shape index (κ2) is 6.14. The number of rotatable bonds is 6. The zero-order chi connectivity index (χ0) is 14.7. The van der Waals surface area contributed by atoms with Crippen LogP contribution in [0.4, 0.5) is 0 Å². The lowest BCUT2D eigenvalue weighted by atomic mass is 10.1. The van der Waals surface area contributed by atoms with Gasteiger partial charge >= 0.3 is 0 Å². The number of phenolic OH excluding ortho intramolecular Hbond substituents is 1. The number of aromatic hydroxyl groups is 1. The molecule has 0 saturated carbocycles. The molecule has 0 aliphatic heterocycles. The predicted molar refractivity (Wildman–Crippen MR) is 85.3 cm³/mol. The molecule has 108 valence electrons. The number of benzene rings is 1. The molecule has 0 radical (unpaired) electrons. The van der Waals surface area contributed by atoms with Gasteiger partial charge in [-0.2, -0.15) is 0 Å². The molecule has 0 bridgehead atoms. The van der Waals surface area contributed by atoms with Crippen molar-refractivity contribution in [1.82, 2.24) is 9.88 Å².